The molecule has 1 aromatic carbocycles. The van der Waals surface area contributed by atoms with Crippen molar-refractivity contribution in [1.29, 1.82) is 0 Å². The molecule has 1 amide bonds. The topological polar surface area (TPSA) is 67.2 Å². The molecule has 0 spiro atoms. The van der Waals surface area contributed by atoms with Gasteiger partial charge in [0.2, 0.25) is 0 Å². The lowest BCUT2D eigenvalue weighted by atomic mass is 10.1. The summed E-state index contributed by atoms with van der Waals surface area (Å²) < 4.78 is 0. The molecule has 2 rings (SSSR count). The molecule has 5 heteroatoms. The molecule has 4 N–H and O–H groups in total. The summed E-state index contributed by atoms with van der Waals surface area (Å²) in [5, 5.41) is 5.96. The molecular weight excluding hydrogens is 246 g/mol. The van der Waals surface area contributed by atoms with Crippen LogP contribution in [0.3, 0.4) is 0 Å². The van der Waals surface area contributed by atoms with E-state index >= 15 is 0 Å². The van der Waals surface area contributed by atoms with Crippen molar-refractivity contribution in [3.05, 3.63) is 23.8 Å². The lowest BCUT2D eigenvalue weighted by Crippen LogP contribution is -2.18. The number of nitrogens with one attached hydrogen (secondary N) is 2. The Balaban J connectivity index is 1.98. The average Bonchev–Trinajstić information content (AvgIpc) is 2.89. The van der Waals surface area contributed by atoms with Crippen LogP contribution in [0.2, 0.25) is 0 Å². The molecule has 1 aromatic rings. The smallest absolute Gasteiger partial charge is 0.251 e. The van der Waals surface area contributed by atoms with E-state index in [0.717, 1.165) is 18.2 Å². The van der Waals surface area contributed by atoms with E-state index in [1.165, 1.54) is 17.9 Å². The molecule has 1 aliphatic rings. The van der Waals surface area contributed by atoms with E-state index in [1.807, 2.05) is 17.8 Å². The zero-order valence-corrected chi connectivity index (χ0v) is 11.3. The number of carbonyl (C=O) groups excluding carboxylic acids is 1. The number of thioether (sulfide) groups is 1. The van der Waals surface area contributed by atoms with Gasteiger partial charge in [-0.15, -0.1) is 0 Å². The first-order chi connectivity index (χ1) is 8.70. The van der Waals surface area contributed by atoms with Gasteiger partial charge in [0.25, 0.3) is 5.91 Å². The van der Waals surface area contributed by atoms with Crippen molar-refractivity contribution >= 4 is 29.0 Å². The summed E-state index contributed by atoms with van der Waals surface area (Å²) >= 11 is 2.01. The molecule has 18 heavy (non-hydrogen) atoms. The fourth-order valence-electron chi connectivity index (χ4n) is 2.01. The molecule has 0 saturated carbocycles. The fourth-order valence-corrected chi connectivity index (χ4v) is 3.29. The maximum atomic E-state index is 11.5. The first-order valence-corrected chi connectivity index (χ1v) is 7.29. The predicted molar refractivity (Wildman–Crippen MR) is 78.2 cm³/mol. The Morgan fingerprint density at radius 3 is 3.00 bits per heavy atom. The van der Waals surface area contributed by atoms with Crippen LogP contribution in [0, 0.1) is 5.92 Å². The van der Waals surface area contributed by atoms with E-state index in [4.69, 9.17) is 5.73 Å². The Labute approximate surface area is 112 Å². The van der Waals surface area contributed by atoms with Crippen LogP contribution >= 0.6 is 11.8 Å². The second-order valence-corrected chi connectivity index (χ2v) is 5.64. The number of hydrogen-bond acceptors (Lipinski definition) is 4. The maximum Gasteiger partial charge on any atom is 0.251 e. The minimum atomic E-state index is -0.111. The van der Waals surface area contributed by atoms with Gasteiger partial charge in [-0.3, -0.25) is 4.79 Å². The maximum absolute atomic E-state index is 11.5. The van der Waals surface area contributed by atoms with Crippen molar-refractivity contribution in [2.45, 2.75) is 6.42 Å². The summed E-state index contributed by atoms with van der Waals surface area (Å²) in [5.74, 6) is 3.11. The quantitative estimate of drug-likeness (QED) is 0.726. The van der Waals surface area contributed by atoms with Gasteiger partial charge in [0.05, 0.1) is 11.4 Å². The Hall–Kier alpha value is -1.36. The SMILES string of the molecule is CNC(=O)c1ccc(NCC2CCSC2)c(N)c1. The van der Waals surface area contributed by atoms with E-state index in [0.29, 0.717) is 11.3 Å². The van der Waals surface area contributed by atoms with Gasteiger partial charge in [-0.05, 0) is 42.0 Å². The summed E-state index contributed by atoms with van der Waals surface area (Å²) in [6.45, 7) is 0.955. The van der Waals surface area contributed by atoms with Crippen LogP contribution in [0.1, 0.15) is 16.8 Å². The summed E-state index contributed by atoms with van der Waals surface area (Å²) in [4.78, 5) is 11.5. The minimum absolute atomic E-state index is 0.111. The molecule has 0 aliphatic carbocycles. The van der Waals surface area contributed by atoms with E-state index in [-0.39, 0.29) is 5.91 Å². The van der Waals surface area contributed by atoms with Crippen LogP contribution in [0.25, 0.3) is 0 Å². The molecule has 1 heterocycles. The number of nitrogen functional groups attached to an aromatic ring is 1. The molecule has 1 fully saturated rings. The van der Waals surface area contributed by atoms with Crippen LogP contribution in [0.4, 0.5) is 11.4 Å². The van der Waals surface area contributed by atoms with Crippen molar-refractivity contribution in [3.63, 3.8) is 0 Å². The molecule has 98 valence electrons. The fraction of sp³-hybridized carbons (Fsp3) is 0.462. The van der Waals surface area contributed by atoms with E-state index in [2.05, 4.69) is 10.6 Å². The van der Waals surface area contributed by atoms with Crippen molar-refractivity contribution in [2.75, 3.05) is 36.1 Å². The minimum Gasteiger partial charge on any atom is -0.397 e. The second kappa shape index (κ2) is 6.00. The van der Waals surface area contributed by atoms with E-state index in [1.54, 1.807) is 19.2 Å². The van der Waals surface area contributed by atoms with Gasteiger partial charge < -0.3 is 16.4 Å². The van der Waals surface area contributed by atoms with Crippen LogP contribution in [0.5, 0.6) is 0 Å². The number of nitrogens with two attached hydrogens (primary N) is 1. The third-order valence-electron chi connectivity index (χ3n) is 3.15. The standard InChI is InChI=1S/C13H19N3OS/c1-15-13(17)10-2-3-12(11(14)6-10)16-7-9-4-5-18-8-9/h2-3,6,9,16H,4-5,7-8,14H2,1H3,(H,15,17). The number of carbonyl (C=O) groups is 1. The Morgan fingerprint density at radius 1 is 1.56 bits per heavy atom. The number of benzene rings is 1. The first kappa shape index (κ1) is 13.1. The van der Waals surface area contributed by atoms with Gasteiger partial charge in [-0.25, -0.2) is 0 Å². The molecule has 1 atom stereocenters. The molecule has 0 bridgehead atoms. The van der Waals surface area contributed by atoms with Crippen molar-refractivity contribution in [1.82, 2.24) is 5.32 Å². The van der Waals surface area contributed by atoms with Gasteiger partial charge in [-0.2, -0.15) is 11.8 Å². The largest absolute Gasteiger partial charge is 0.397 e. The van der Waals surface area contributed by atoms with Gasteiger partial charge in [0.15, 0.2) is 0 Å². The monoisotopic (exact) mass is 265 g/mol. The number of amides is 1. The Morgan fingerprint density at radius 2 is 2.39 bits per heavy atom. The molecular formula is C13H19N3OS. The predicted octanol–water partition coefficient (Wildman–Crippen LogP) is 1.79. The lowest BCUT2D eigenvalue weighted by Gasteiger charge is -2.13. The van der Waals surface area contributed by atoms with E-state index in [9.17, 15) is 4.79 Å². The normalized spacial score (nSPS) is 18.6. The molecule has 1 aliphatic heterocycles. The highest BCUT2D eigenvalue weighted by Gasteiger charge is 2.15. The van der Waals surface area contributed by atoms with Crippen molar-refractivity contribution in [3.8, 4) is 0 Å². The van der Waals surface area contributed by atoms with Crippen LogP contribution < -0.4 is 16.4 Å². The van der Waals surface area contributed by atoms with Crippen LogP contribution in [-0.4, -0.2) is 31.0 Å². The summed E-state index contributed by atoms with van der Waals surface area (Å²) in [7, 11) is 1.61. The number of hydrogen-bond donors (Lipinski definition) is 3. The highest BCUT2D eigenvalue weighted by Crippen LogP contribution is 2.25. The van der Waals surface area contributed by atoms with E-state index < -0.39 is 0 Å². The molecule has 0 radical (unpaired) electrons. The third-order valence-corrected chi connectivity index (χ3v) is 4.38. The number of rotatable bonds is 4. The van der Waals surface area contributed by atoms with Crippen LogP contribution in [-0.2, 0) is 0 Å². The summed E-state index contributed by atoms with van der Waals surface area (Å²) in [5.41, 5.74) is 8.09. The zero-order valence-electron chi connectivity index (χ0n) is 10.5. The molecule has 1 saturated heterocycles. The first-order valence-electron chi connectivity index (χ1n) is 6.14. The highest BCUT2D eigenvalue weighted by atomic mass is 32.2. The third kappa shape index (κ3) is 3.10. The Bertz CT molecular complexity index is 430. The van der Waals surface area contributed by atoms with Gasteiger partial charge in [-0.1, -0.05) is 0 Å². The number of anilines is 2. The van der Waals surface area contributed by atoms with Gasteiger partial charge in [0, 0.05) is 19.2 Å². The summed E-state index contributed by atoms with van der Waals surface area (Å²) in [6, 6.07) is 5.38. The molecule has 4 nitrogen and oxygen atoms in total. The Kier molecular flexibility index (Phi) is 4.36. The summed E-state index contributed by atoms with van der Waals surface area (Å²) in [6.07, 6.45) is 1.27. The van der Waals surface area contributed by atoms with Crippen molar-refractivity contribution in [2.24, 2.45) is 5.92 Å². The average molecular weight is 265 g/mol. The second-order valence-electron chi connectivity index (χ2n) is 4.49. The van der Waals surface area contributed by atoms with Crippen molar-refractivity contribution < 1.29 is 4.79 Å². The zero-order chi connectivity index (χ0) is 13.0. The highest BCUT2D eigenvalue weighted by molar-refractivity contribution is 7.99. The van der Waals surface area contributed by atoms with Crippen LogP contribution in [0.15, 0.2) is 18.2 Å². The van der Waals surface area contributed by atoms with Gasteiger partial charge >= 0.3 is 0 Å². The van der Waals surface area contributed by atoms with Gasteiger partial charge in [0.1, 0.15) is 0 Å². The molecule has 0 aromatic heterocycles. The molecule has 1 unspecified atom stereocenters. The lowest BCUT2D eigenvalue weighted by molar-refractivity contribution is 0.0963.